The minimum Gasteiger partial charge on any atom is -0.497 e. The number of hydrogen-bond acceptors (Lipinski definition) is 3. The van der Waals surface area contributed by atoms with Crippen molar-refractivity contribution in [2.24, 2.45) is 0 Å². The van der Waals surface area contributed by atoms with E-state index in [1.807, 2.05) is 37.3 Å². The lowest BCUT2D eigenvalue weighted by atomic mass is 9.86. The molecule has 0 amide bonds. The van der Waals surface area contributed by atoms with Gasteiger partial charge in [0.15, 0.2) is 0 Å². The molecule has 1 heterocycles. The molecule has 0 aromatic heterocycles. The zero-order chi connectivity index (χ0) is 26.3. The lowest BCUT2D eigenvalue weighted by Crippen LogP contribution is -2.36. The van der Waals surface area contributed by atoms with Crippen LogP contribution in [0.15, 0.2) is 55.6 Å². The van der Waals surface area contributed by atoms with Crippen LogP contribution in [-0.4, -0.2) is 18.5 Å². The van der Waals surface area contributed by atoms with E-state index in [0.29, 0.717) is 0 Å². The van der Waals surface area contributed by atoms with Crippen LogP contribution >= 0.6 is 0 Å². The Kier molecular flexibility index (Phi) is 9.71. The smallest absolute Gasteiger partial charge is 0.136 e. The van der Waals surface area contributed by atoms with Crippen LogP contribution in [-0.2, 0) is 11.2 Å². The summed E-state index contributed by atoms with van der Waals surface area (Å²) in [6.45, 7) is 20.5. The summed E-state index contributed by atoms with van der Waals surface area (Å²) in [6.07, 6.45) is 3.38. The standard InChI is InChI=1S/C15H16O2.C15H22O.C2H4/c1-10(11(2)16)12-4-5-14-9-15(17-3)7-6-13(14)8-12;1-6-15(5)8-7-13-11(3)9-10(2)12(4)14(13)16-15;1-2/h4-10H,1-3H3;9H,6-8H2,1-5H3;1-2H2. The molecule has 0 saturated carbocycles. The van der Waals surface area contributed by atoms with Crippen LogP contribution in [0.5, 0.6) is 11.5 Å². The summed E-state index contributed by atoms with van der Waals surface area (Å²) in [4.78, 5) is 11.4. The van der Waals surface area contributed by atoms with Gasteiger partial charge in [-0.25, -0.2) is 0 Å². The second kappa shape index (κ2) is 12.1. The summed E-state index contributed by atoms with van der Waals surface area (Å²) in [5.41, 5.74) is 6.58. The maximum Gasteiger partial charge on any atom is 0.136 e. The van der Waals surface area contributed by atoms with E-state index in [1.54, 1.807) is 14.0 Å². The summed E-state index contributed by atoms with van der Waals surface area (Å²) in [6, 6.07) is 14.3. The van der Waals surface area contributed by atoms with Crippen LogP contribution in [0.4, 0.5) is 0 Å². The number of carbonyl (C=O) groups excluding carboxylic acids is 1. The maximum atomic E-state index is 11.4. The first-order valence-electron chi connectivity index (χ1n) is 12.5. The van der Waals surface area contributed by atoms with Crippen LogP contribution in [0.3, 0.4) is 0 Å². The molecule has 2 atom stereocenters. The van der Waals surface area contributed by atoms with Crippen molar-refractivity contribution in [3.05, 3.63) is 83.4 Å². The Balaban J connectivity index is 0.000000231. The Labute approximate surface area is 212 Å². The highest BCUT2D eigenvalue weighted by Crippen LogP contribution is 2.40. The Hall–Kier alpha value is -3.07. The number of ether oxygens (including phenoxy) is 2. The first-order chi connectivity index (χ1) is 16.6. The molecule has 3 aromatic carbocycles. The number of rotatable bonds is 4. The molecule has 3 aromatic rings. The number of aryl methyl sites for hydroxylation is 2. The van der Waals surface area contributed by atoms with E-state index in [-0.39, 0.29) is 17.3 Å². The summed E-state index contributed by atoms with van der Waals surface area (Å²) in [7, 11) is 1.66. The monoisotopic (exact) mass is 474 g/mol. The van der Waals surface area contributed by atoms with Gasteiger partial charge in [-0.2, -0.15) is 0 Å². The molecule has 2 unspecified atom stereocenters. The molecule has 0 bridgehead atoms. The van der Waals surface area contributed by atoms with Crippen LogP contribution in [0.1, 0.15) is 74.3 Å². The SMILES string of the molecule is C=C.CCC1(C)CCc2c(C)cc(C)c(C)c2O1.COc1ccc2cc(C(C)C(C)=O)ccc2c1. The molecule has 3 heteroatoms. The van der Waals surface area contributed by atoms with Gasteiger partial charge in [-0.3, -0.25) is 4.79 Å². The van der Waals surface area contributed by atoms with Crippen LogP contribution in [0.2, 0.25) is 0 Å². The molecular weight excluding hydrogens is 432 g/mol. The van der Waals surface area contributed by atoms with E-state index >= 15 is 0 Å². The highest BCUT2D eigenvalue weighted by atomic mass is 16.5. The number of benzene rings is 3. The van der Waals surface area contributed by atoms with Gasteiger partial charge >= 0.3 is 0 Å². The van der Waals surface area contributed by atoms with Crippen molar-refractivity contribution in [3.63, 3.8) is 0 Å². The molecule has 1 aliphatic rings. The van der Waals surface area contributed by atoms with Crippen LogP contribution in [0.25, 0.3) is 10.8 Å². The van der Waals surface area contributed by atoms with Crippen LogP contribution < -0.4 is 9.47 Å². The average molecular weight is 475 g/mol. The average Bonchev–Trinajstić information content (AvgIpc) is 2.87. The van der Waals surface area contributed by atoms with Crippen molar-refractivity contribution in [2.45, 2.75) is 79.2 Å². The molecule has 0 saturated heterocycles. The normalized spacial score (nSPS) is 17.0. The lowest BCUT2D eigenvalue weighted by Gasteiger charge is -2.37. The first-order valence-corrected chi connectivity index (χ1v) is 12.5. The molecule has 1 aliphatic heterocycles. The summed E-state index contributed by atoms with van der Waals surface area (Å²) >= 11 is 0. The van der Waals surface area contributed by atoms with Crippen molar-refractivity contribution in [1.82, 2.24) is 0 Å². The molecular formula is C32H42O3. The highest BCUT2D eigenvalue weighted by Gasteiger charge is 2.31. The summed E-state index contributed by atoms with van der Waals surface area (Å²) in [5.74, 6) is 2.16. The second-order valence-electron chi connectivity index (χ2n) is 9.65. The molecule has 3 nitrogen and oxygen atoms in total. The minimum absolute atomic E-state index is 0.0397. The Morgan fingerprint density at radius 2 is 1.69 bits per heavy atom. The third-order valence-corrected chi connectivity index (χ3v) is 7.30. The zero-order valence-electron chi connectivity index (χ0n) is 22.9. The number of fused-ring (bicyclic) bond motifs is 2. The quantitative estimate of drug-likeness (QED) is 0.356. The largest absolute Gasteiger partial charge is 0.497 e. The first kappa shape index (κ1) is 28.2. The fourth-order valence-electron chi connectivity index (χ4n) is 4.36. The van der Waals surface area contributed by atoms with Crippen molar-refractivity contribution in [3.8, 4) is 11.5 Å². The van der Waals surface area contributed by atoms with Gasteiger partial charge in [0.1, 0.15) is 22.9 Å². The molecule has 0 aliphatic carbocycles. The fourth-order valence-corrected chi connectivity index (χ4v) is 4.36. The Morgan fingerprint density at radius 3 is 2.29 bits per heavy atom. The van der Waals surface area contributed by atoms with Gasteiger partial charge in [-0.1, -0.05) is 44.2 Å². The maximum absolute atomic E-state index is 11.4. The third-order valence-electron chi connectivity index (χ3n) is 7.30. The molecule has 4 rings (SSSR count). The van der Waals surface area contributed by atoms with Gasteiger partial charge in [0.2, 0.25) is 0 Å². The summed E-state index contributed by atoms with van der Waals surface area (Å²) < 4.78 is 11.4. The Morgan fingerprint density at radius 1 is 1.06 bits per heavy atom. The molecule has 0 radical (unpaired) electrons. The van der Waals surface area contributed by atoms with Crippen LogP contribution in [0, 0.1) is 20.8 Å². The van der Waals surface area contributed by atoms with Gasteiger partial charge in [0, 0.05) is 5.92 Å². The lowest BCUT2D eigenvalue weighted by molar-refractivity contribution is -0.118. The molecule has 0 spiro atoms. The van der Waals surface area contributed by atoms with Gasteiger partial charge in [-0.15, -0.1) is 13.2 Å². The van der Waals surface area contributed by atoms with Crippen molar-refractivity contribution < 1.29 is 14.3 Å². The predicted molar refractivity (Wildman–Crippen MR) is 149 cm³/mol. The summed E-state index contributed by atoms with van der Waals surface area (Å²) in [5, 5.41) is 2.26. The number of Topliss-reactive ketones (excluding diaryl/α,β-unsaturated/α-hetero) is 1. The van der Waals surface area contributed by atoms with E-state index in [4.69, 9.17) is 9.47 Å². The van der Waals surface area contributed by atoms with E-state index in [0.717, 1.165) is 47.1 Å². The van der Waals surface area contributed by atoms with E-state index in [2.05, 4.69) is 59.9 Å². The number of methoxy groups -OCH3 is 1. The Bertz CT molecular complexity index is 1180. The second-order valence-corrected chi connectivity index (χ2v) is 9.65. The van der Waals surface area contributed by atoms with E-state index in [1.165, 1.54) is 22.3 Å². The van der Waals surface area contributed by atoms with Gasteiger partial charge < -0.3 is 9.47 Å². The molecule has 188 valence electrons. The van der Waals surface area contributed by atoms with Gasteiger partial charge in [0.05, 0.1) is 7.11 Å². The van der Waals surface area contributed by atoms with Gasteiger partial charge in [0.25, 0.3) is 0 Å². The highest BCUT2D eigenvalue weighted by molar-refractivity contribution is 5.88. The number of hydrogen-bond donors (Lipinski definition) is 0. The fraction of sp³-hybridized carbons (Fsp3) is 0.406. The predicted octanol–water partition coefficient (Wildman–Crippen LogP) is 8.45. The molecule has 0 N–H and O–H groups in total. The molecule has 35 heavy (non-hydrogen) atoms. The topological polar surface area (TPSA) is 35.5 Å². The number of carbonyl (C=O) groups is 1. The third kappa shape index (κ3) is 6.54. The van der Waals surface area contributed by atoms with Gasteiger partial charge in [-0.05, 0) is 105 Å². The minimum atomic E-state index is -0.0403. The zero-order valence-corrected chi connectivity index (χ0v) is 22.9. The van der Waals surface area contributed by atoms with Crippen molar-refractivity contribution in [1.29, 1.82) is 0 Å². The molecule has 0 fully saturated rings. The van der Waals surface area contributed by atoms with Crippen molar-refractivity contribution >= 4 is 16.6 Å². The number of ketones is 1. The van der Waals surface area contributed by atoms with Crippen molar-refractivity contribution in [2.75, 3.05) is 7.11 Å². The van der Waals surface area contributed by atoms with E-state index < -0.39 is 0 Å². The van der Waals surface area contributed by atoms with E-state index in [9.17, 15) is 4.79 Å².